The Labute approximate surface area is 187 Å². The molecule has 3 aromatic rings. The molecule has 0 aliphatic rings. The third-order valence-corrected chi connectivity index (χ3v) is 5.92. The molecule has 0 radical (unpaired) electrons. The molecule has 3 aromatic carbocycles. The number of carboxylic acids is 1. The molecule has 0 bridgehead atoms. The average Bonchev–Trinajstić information content (AvgIpc) is 2.73. The van der Waals surface area contributed by atoms with Gasteiger partial charge in [-0.2, -0.15) is 13.2 Å². The van der Waals surface area contributed by atoms with E-state index < -0.39 is 30.1 Å². The Hall–Kier alpha value is -3.00. The second-order valence-corrected chi connectivity index (χ2v) is 8.60. The van der Waals surface area contributed by atoms with Gasteiger partial charge in [-0.3, -0.25) is 0 Å². The van der Waals surface area contributed by atoms with Gasteiger partial charge in [0.1, 0.15) is 11.6 Å². The molecule has 0 saturated heterocycles. The van der Waals surface area contributed by atoms with Gasteiger partial charge < -0.3 is 9.84 Å². The Balaban J connectivity index is 1.79. The largest absolute Gasteiger partial charge is 0.482 e. The van der Waals surface area contributed by atoms with Crippen LogP contribution in [0.5, 0.6) is 5.75 Å². The van der Waals surface area contributed by atoms with Crippen molar-refractivity contribution in [2.75, 3.05) is 6.61 Å². The van der Waals surface area contributed by atoms with Crippen LogP contribution in [0.4, 0.5) is 17.6 Å². The number of aliphatic carboxylic acids is 1. The summed E-state index contributed by atoms with van der Waals surface area (Å²) in [7, 11) is 0. The topological polar surface area (TPSA) is 46.5 Å². The highest BCUT2D eigenvalue weighted by Gasteiger charge is 2.30. The molecule has 0 aromatic heterocycles. The molecule has 1 unspecified atom stereocenters. The molecule has 3 rings (SSSR count). The minimum absolute atomic E-state index is 0.283. The summed E-state index contributed by atoms with van der Waals surface area (Å²) in [6.07, 6.45) is -4.41. The van der Waals surface area contributed by atoms with Crippen molar-refractivity contribution in [1.82, 2.24) is 0 Å². The highest BCUT2D eigenvalue weighted by molar-refractivity contribution is 7.99. The van der Waals surface area contributed by atoms with E-state index in [-0.39, 0.29) is 5.25 Å². The number of hydrogen-bond donors (Lipinski definition) is 1. The number of thioether (sulfide) groups is 1. The van der Waals surface area contributed by atoms with Gasteiger partial charge in [-0.15, -0.1) is 11.8 Å². The Morgan fingerprint density at radius 2 is 1.69 bits per heavy atom. The fraction of sp³-hybridized carbons (Fsp3) is 0.208. The van der Waals surface area contributed by atoms with Gasteiger partial charge in [-0.05, 0) is 73.0 Å². The zero-order valence-electron chi connectivity index (χ0n) is 17.2. The van der Waals surface area contributed by atoms with Crippen molar-refractivity contribution in [3.8, 4) is 16.9 Å². The first kappa shape index (κ1) is 23.7. The van der Waals surface area contributed by atoms with Crippen molar-refractivity contribution < 1.29 is 32.2 Å². The SMILES string of the molecule is Cc1cc(SC(C)c2cc(-c3ccc(C(F)(F)F)cc3)ccc2F)ccc1OCC(=O)O. The number of halogens is 4. The molecular weight excluding hydrogens is 444 g/mol. The standard InChI is InChI=1S/C24H20F4O3S/c1-14-11-19(8-10-22(14)31-13-23(29)30)32-15(2)20-12-17(5-9-21(20)25)16-3-6-18(7-4-16)24(26,27)28/h3-12,15H,13H2,1-2H3,(H,29,30). The maximum Gasteiger partial charge on any atom is 0.416 e. The predicted octanol–water partition coefficient (Wildman–Crippen LogP) is 7.14. The van der Waals surface area contributed by atoms with Crippen LogP contribution < -0.4 is 4.74 Å². The molecule has 0 fully saturated rings. The zero-order valence-corrected chi connectivity index (χ0v) is 18.1. The summed E-state index contributed by atoms with van der Waals surface area (Å²) in [6, 6.07) is 14.5. The summed E-state index contributed by atoms with van der Waals surface area (Å²) in [4.78, 5) is 11.5. The number of carboxylic acid groups (broad SMARTS) is 1. The van der Waals surface area contributed by atoms with E-state index in [9.17, 15) is 22.4 Å². The minimum atomic E-state index is -4.41. The van der Waals surface area contributed by atoms with Crippen LogP contribution in [0.15, 0.2) is 65.6 Å². The number of ether oxygens (including phenoxy) is 1. The summed E-state index contributed by atoms with van der Waals surface area (Å²) >= 11 is 1.41. The van der Waals surface area contributed by atoms with Crippen LogP contribution in [-0.4, -0.2) is 17.7 Å². The van der Waals surface area contributed by atoms with Gasteiger partial charge in [0.15, 0.2) is 6.61 Å². The normalized spacial score (nSPS) is 12.4. The fourth-order valence-electron chi connectivity index (χ4n) is 3.15. The van der Waals surface area contributed by atoms with Gasteiger partial charge in [0.2, 0.25) is 0 Å². The molecule has 1 N–H and O–H groups in total. The zero-order chi connectivity index (χ0) is 23.5. The van der Waals surface area contributed by atoms with E-state index in [0.717, 1.165) is 22.6 Å². The molecule has 0 heterocycles. The van der Waals surface area contributed by atoms with E-state index in [1.165, 1.54) is 36.0 Å². The Kier molecular flexibility index (Phi) is 7.13. The number of alkyl halides is 3. The van der Waals surface area contributed by atoms with Crippen LogP contribution in [0.25, 0.3) is 11.1 Å². The Morgan fingerprint density at radius 1 is 1.03 bits per heavy atom. The number of carbonyl (C=O) groups is 1. The lowest BCUT2D eigenvalue weighted by molar-refractivity contribution is -0.139. The summed E-state index contributed by atoms with van der Waals surface area (Å²) in [6.45, 7) is 3.19. The lowest BCUT2D eigenvalue weighted by Gasteiger charge is -2.16. The van der Waals surface area contributed by atoms with Gasteiger partial charge in [0, 0.05) is 15.7 Å². The molecule has 3 nitrogen and oxygen atoms in total. The maximum absolute atomic E-state index is 14.5. The third kappa shape index (κ3) is 5.82. The van der Waals surface area contributed by atoms with Crippen molar-refractivity contribution >= 4 is 17.7 Å². The second kappa shape index (κ2) is 9.65. The molecule has 0 aliphatic carbocycles. The van der Waals surface area contributed by atoms with E-state index in [2.05, 4.69) is 0 Å². The van der Waals surface area contributed by atoms with Crippen LogP contribution in [-0.2, 0) is 11.0 Å². The van der Waals surface area contributed by atoms with E-state index >= 15 is 0 Å². The Morgan fingerprint density at radius 3 is 2.28 bits per heavy atom. The molecule has 0 saturated carbocycles. The van der Waals surface area contributed by atoms with Crippen molar-refractivity contribution in [2.45, 2.75) is 30.2 Å². The first-order valence-corrected chi connectivity index (χ1v) is 10.5. The summed E-state index contributed by atoms with van der Waals surface area (Å²) < 4.78 is 58.1. The summed E-state index contributed by atoms with van der Waals surface area (Å²) in [5.41, 5.74) is 1.63. The Bertz CT molecular complexity index is 1110. The van der Waals surface area contributed by atoms with E-state index in [4.69, 9.17) is 9.84 Å². The predicted molar refractivity (Wildman–Crippen MR) is 115 cm³/mol. The van der Waals surface area contributed by atoms with Gasteiger partial charge >= 0.3 is 12.1 Å². The third-order valence-electron chi connectivity index (χ3n) is 4.79. The first-order valence-electron chi connectivity index (χ1n) is 9.63. The van der Waals surface area contributed by atoms with E-state index in [1.807, 2.05) is 13.0 Å². The van der Waals surface area contributed by atoms with Crippen molar-refractivity contribution in [3.63, 3.8) is 0 Å². The quantitative estimate of drug-likeness (QED) is 0.298. The van der Waals surface area contributed by atoms with Gasteiger partial charge in [-0.25, -0.2) is 9.18 Å². The van der Waals surface area contributed by atoms with Crippen LogP contribution in [0.3, 0.4) is 0 Å². The molecule has 32 heavy (non-hydrogen) atoms. The van der Waals surface area contributed by atoms with Gasteiger partial charge in [0.25, 0.3) is 0 Å². The average molecular weight is 464 g/mol. The lowest BCUT2D eigenvalue weighted by atomic mass is 10.0. The maximum atomic E-state index is 14.5. The first-order chi connectivity index (χ1) is 15.0. The number of rotatable bonds is 7. The molecular formula is C24H20F4O3S. The molecule has 168 valence electrons. The van der Waals surface area contributed by atoms with Crippen LogP contribution in [0.1, 0.15) is 28.9 Å². The summed E-state index contributed by atoms with van der Waals surface area (Å²) in [5.74, 6) is -1.02. The lowest BCUT2D eigenvalue weighted by Crippen LogP contribution is -2.10. The van der Waals surface area contributed by atoms with Crippen LogP contribution in [0, 0.1) is 12.7 Å². The molecule has 0 aliphatic heterocycles. The molecule has 0 spiro atoms. The highest BCUT2D eigenvalue weighted by Crippen LogP contribution is 2.39. The van der Waals surface area contributed by atoms with Crippen LogP contribution in [0.2, 0.25) is 0 Å². The monoisotopic (exact) mass is 464 g/mol. The molecule has 1 atom stereocenters. The second-order valence-electron chi connectivity index (χ2n) is 7.18. The molecule has 8 heteroatoms. The van der Waals surface area contributed by atoms with Gasteiger partial charge in [-0.1, -0.05) is 18.2 Å². The van der Waals surface area contributed by atoms with Crippen molar-refractivity contribution in [3.05, 3.63) is 83.2 Å². The number of hydrogen-bond acceptors (Lipinski definition) is 3. The van der Waals surface area contributed by atoms with Crippen LogP contribution >= 0.6 is 11.8 Å². The van der Waals surface area contributed by atoms with Gasteiger partial charge in [0.05, 0.1) is 5.56 Å². The number of benzene rings is 3. The fourth-order valence-corrected chi connectivity index (χ4v) is 4.26. The smallest absolute Gasteiger partial charge is 0.416 e. The summed E-state index contributed by atoms with van der Waals surface area (Å²) in [5, 5.41) is 8.45. The molecule has 0 amide bonds. The van der Waals surface area contributed by atoms with Crippen molar-refractivity contribution in [1.29, 1.82) is 0 Å². The number of aryl methyl sites for hydroxylation is 1. The highest BCUT2D eigenvalue weighted by atomic mass is 32.2. The van der Waals surface area contributed by atoms with Crippen molar-refractivity contribution in [2.24, 2.45) is 0 Å². The van der Waals surface area contributed by atoms with E-state index in [0.29, 0.717) is 22.4 Å². The minimum Gasteiger partial charge on any atom is -0.482 e. The van der Waals surface area contributed by atoms with E-state index in [1.54, 1.807) is 25.1 Å².